The monoisotopic (exact) mass is 317 g/mol. The van der Waals surface area contributed by atoms with Gasteiger partial charge in [0.15, 0.2) is 5.82 Å². The Morgan fingerprint density at radius 3 is 2.43 bits per heavy atom. The lowest BCUT2D eigenvalue weighted by atomic mass is 10.1. The number of hydrogen-bond acceptors (Lipinski definition) is 5. The number of anilines is 1. The SMILES string of the molecule is CC(C)c1noc(Cc2ccc(NC(=O)OC(C)(C)C)cc2)n1. The molecule has 0 saturated heterocycles. The summed E-state index contributed by atoms with van der Waals surface area (Å²) in [5.74, 6) is 1.54. The molecule has 0 spiro atoms. The van der Waals surface area contributed by atoms with E-state index in [4.69, 9.17) is 9.26 Å². The van der Waals surface area contributed by atoms with E-state index < -0.39 is 11.7 Å². The van der Waals surface area contributed by atoms with Gasteiger partial charge in [0.25, 0.3) is 0 Å². The molecular weight excluding hydrogens is 294 g/mol. The molecule has 0 fully saturated rings. The Kier molecular flexibility index (Phi) is 5.03. The van der Waals surface area contributed by atoms with Gasteiger partial charge in [-0.1, -0.05) is 31.1 Å². The molecule has 23 heavy (non-hydrogen) atoms. The molecule has 6 nitrogen and oxygen atoms in total. The minimum Gasteiger partial charge on any atom is -0.444 e. The molecular formula is C17H23N3O3. The maximum atomic E-state index is 11.7. The van der Waals surface area contributed by atoms with Crippen molar-refractivity contribution in [1.29, 1.82) is 0 Å². The van der Waals surface area contributed by atoms with Crippen molar-refractivity contribution in [1.82, 2.24) is 10.1 Å². The fraction of sp³-hybridized carbons (Fsp3) is 0.471. The quantitative estimate of drug-likeness (QED) is 0.917. The predicted molar refractivity (Wildman–Crippen MR) is 87.5 cm³/mol. The Morgan fingerprint density at radius 2 is 1.91 bits per heavy atom. The van der Waals surface area contributed by atoms with Gasteiger partial charge in [-0.05, 0) is 38.5 Å². The summed E-state index contributed by atoms with van der Waals surface area (Å²) in [6, 6.07) is 7.45. The van der Waals surface area contributed by atoms with E-state index in [2.05, 4.69) is 15.5 Å². The van der Waals surface area contributed by atoms with Gasteiger partial charge in [0.2, 0.25) is 5.89 Å². The third kappa shape index (κ3) is 5.39. The van der Waals surface area contributed by atoms with Crippen LogP contribution < -0.4 is 5.32 Å². The first-order chi connectivity index (χ1) is 10.7. The molecule has 1 heterocycles. The lowest BCUT2D eigenvalue weighted by Crippen LogP contribution is -2.27. The van der Waals surface area contributed by atoms with Crippen molar-refractivity contribution in [3.8, 4) is 0 Å². The average Bonchev–Trinajstić information content (AvgIpc) is 2.87. The second-order valence-corrected chi connectivity index (χ2v) is 6.70. The Balaban J connectivity index is 1.95. The Hall–Kier alpha value is -2.37. The maximum Gasteiger partial charge on any atom is 0.412 e. The molecule has 0 aliphatic carbocycles. The van der Waals surface area contributed by atoms with E-state index in [0.717, 1.165) is 5.56 Å². The number of hydrogen-bond donors (Lipinski definition) is 1. The third-order valence-corrected chi connectivity index (χ3v) is 2.95. The Labute approximate surface area is 136 Å². The van der Waals surface area contributed by atoms with E-state index in [-0.39, 0.29) is 5.92 Å². The van der Waals surface area contributed by atoms with Crippen molar-refractivity contribution in [2.75, 3.05) is 5.32 Å². The van der Waals surface area contributed by atoms with Crippen LogP contribution in [0.5, 0.6) is 0 Å². The van der Waals surface area contributed by atoms with Crippen molar-refractivity contribution in [2.24, 2.45) is 0 Å². The Bertz CT molecular complexity index is 654. The predicted octanol–water partition coefficient (Wildman–Crippen LogP) is 4.13. The number of aromatic nitrogens is 2. The van der Waals surface area contributed by atoms with E-state index in [1.54, 1.807) is 0 Å². The van der Waals surface area contributed by atoms with Crippen molar-refractivity contribution in [3.05, 3.63) is 41.5 Å². The number of ether oxygens (including phenoxy) is 1. The van der Waals surface area contributed by atoms with Crippen LogP contribution >= 0.6 is 0 Å². The van der Waals surface area contributed by atoms with Gasteiger partial charge >= 0.3 is 6.09 Å². The van der Waals surface area contributed by atoms with Crippen molar-refractivity contribution in [3.63, 3.8) is 0 Å². The number of nitrogens with one attached hydrogen (secondary N) is 1. The number of benzene rings is 1. The van der Waals surface area contributed by atoms with Crippen LogP contribution in [0.4, 0.5) is 10.5 Å². The van der Waals surface area contributed by atoms with E-state index in [9.17, 15) is 4.79 Å². The van der Waals surface area contributed by atoms with Crippen LogP contribution in [0.15, 0.2) is 28.8 Å². The zero-order valence-corrected chi connectivity index (χ0v) is 14.2. The van der Waals surface area contributed by atoms with Crippen LogP contribution in [0.25, 0.3) is 0 Å². The first-order valence-electron chi connectivity index (χ1n) is 7.64. The van der Waals surface area contributed by atoms with Gasteiger partial charge in [-0.25, -0.2) is 4.79 Å². The molecule has 6 heteroatoms. The van der Waals surface area contributed by atoms with E-state index in [1.807, 2.05) is 58.9 Å². The van der Waals surface area contributed by atoms with E-state index in [0.29, 0.717) is 23.8 Å². The highest BCUT2D eigenvalue weighted by Gasteiger charge is 2.16. The summed E-state index contributed by atoms with van der Waals surface area (Å²) in [7, 11) is 0. The maximum absolute atomic E-state index is 11.7. The van der Waals surface area contributed by atoms with Crippen LogP contribution in [-0.4, -0.2) is 21.8 Å². The molecule has 1 aromatic heterocycles. The average molecular weight is 317 g/mol. The van der Waals surface area contributed by atoms with Gasteiger partial charge in [0, 0.05) is 11.6 Å². The minimum atomic E-state index is -0.518. The standard InChI is InChI=1S/C17H23N3O3/c1-11(2)15-19-14(23-20-15)10-12-6-8-13(9-7-12)18-16(21)22-17(3,4)5/h6-9,11H,10H2,1-5H3,(H,18,21). The molecule has 0 bridgehead atoms. The van der Waals surface area contributed by atoms with Crippen LogP contribution in [0.1, 0.15) is 57.8 Å². The van der Waals surface area contributed by atoms with Gasteiger partial charge in [0.1, 0.15) is 5.60 Å². The van der Waals surface area contributed by atoms with Crippen molar-refractivity contribution >= 4 is 11.8 Å². The van der Waals surface area contributed by atoms with Crippen LogP contribution in [-0.2, 0) is 11.2 Å². The van der Waals surface area contributed by atoms with Crippen LogP contribution in [0, 0.1) is 0 Å². The highest BCUT2D eigenvalue weighted by molar-refractivity contribution is 5.84. The fourth-order valence-corrected chi connectivity index (χ4v) is 1.88. The van der Waals surface area contributed by atoms with E-state index in [1.165, 1.54) is 0 Å². The second kappa shape index (κ2) is 6.81. The zero-order valence-electron chi connectivity index (χ0n) is 14.2. The third-order valence-electron chi connectivity index (χ3n) is 2.95. The number of carbonyl (C=O) groups is 1. The molecule has 0 radical (unpaired) electrons. The minimum absolute atomic E-state index is 0.243. The molecule has 2 rings (SSSR count). The highest BCUT2D eigenvalue weighted by Crippen LogP contribution is 2.16. The summed E-state index contributed by atoms with van der Waals surface area (Å²) in [6.07, 6.45) is 0.0932. The first-order valence-corrected chi connectivity index (χ1v) is 7.64. The fourth-order valence-electron chi connectivity index (χ4n) is 1.88. The molecule has 0 unspecified atom stereocenters. The molecule has 0 aliphatic heterocycles. The highest BCUT2D eigenvalue weighted by atomic mass is 16.6. The summed E-state index contributed by atoms with van der Waals surface area (Å²) in [5, 5.41) is 6.64. The summed E-state index contributed by atoms with van der Waals surface area (Å²) >= 11 is 0. The second-order valence-electron chi connectivity index (χ2n) is 6.70. The van der Waals surface area contributed by atoms with Gasteiger partial charge in [-0.3, -0.25) is 5.32 Å². The summed E-state index contributed by atoms with van der Waals surface area (Å²) in [5.41, 5.74) is 1.19. The summed E-state index contributed by atoms with van der Waals surface area (Å²) in [6.45, 7) is 9.51. The number of nitrogens with zero attached hydrogens (tertiary/aromatic N) is 2. The molecule has 0 atom stereocenters. The molecule has 0 saturated carbocycles. The number of rotatable bonds is 4. The molecule has 2 aromatic rings. The van der Waals surface area contributed by atoms with Crippen molar-refractivity contribution < 1.29 is 14.1 Å². The van der Waals surface area contributed by atoms with Gasteiger partial charge < -0.3 is 9.26 Å². The number of carbonyl (C=O) groups excluding carboxylic acids is 1. The van der Waals surface area contributed by atoms with Gasteiger partial charge in [0.05, 0.1) is 6.42 Å². The Morgan fingerprint density at radius 1 is 1.26 bits per heavy atom. The van der Waals surface area contributed by atoms with Crippen LogP contribution in [0.3, 0.4) is 0 Å². The number of amides is 1. The molecule has 1 N–H and O–H groups in total. The lowest BCUT2D eigenvalue weighted by molar-refractivity contribution is 0.0636. The zero-order chi connectivity index (χ0) is 17.0. The van der Waals surface area contributed by atoms with E-state index >= 15 is 0 Å². The molecule has 1 aromatic carbocycles. The molecule has 0 aliphatic rings. The van der Waals surface area contributed by atoms with Gasteiger partial charge in [-0.15, -0.1) is 0 Å². The largest absolute Gasteiger partial charge is 0.444 e. The topological polar surface area (TPSA) is 77.2 Å². The first kappa shape index (κ1) is 17.0. The molecule has 124 valence electrons. The van der Waals surface area contributed by atoms with Crippen molar-refractivity contribution in [2.45, 2.75) is 52.6 Å². The summed E-state index contributed by atoms with van der Waals surface area (Å²) in [4.78, 5) is 16.1. The lowest BCUT2D eigenvalue weighted by Gasteiger charge is -2.19. The normalized spacial score (nSPS) is 11.6. The van der Waals surface area contributed by atoms with Crippen LogP contribution in [0.2, 0.25) is 0 Å². The van der Waals surface area contributed by atoms with Gasteiger partial charge in [-0.2, -0.15) is 4.98 Å². The molecule has 1 amide bonds. The summed E-state index contributed by atoms with van der Waals surface area (Å²) < 4.78 is 10.4. The smallest absolute Gasteiger partial charge is 0.412 e.